The van der Waals surface area contributed by atoms with Crippen molar-refractivity contribution in [3.63, 3.8) is 0 Å². The summed E-state index contributed by atoms with van der Waals surface area (Å²) in [6.45, 7) is 4.06. The molecule has 0 saturated carbocycles. The Bertz CT molecular complexity index is 600. The van der Waals surface area contributed by atoms with E-state index < -0.39 is 5.97 Å². The van der Waals surface area contributed by atoms with Gasteiger partial charge in [0.05, 0.1) is 5.56 Å². The minimum Gasteiger partial charge on any atom is -0.478 e. The van der Waals surface area contributed by atoms with Gasteiger partial charge in [0.25, 0.3) is 0 Å². The van der Waals surface area contributed by atoms with E-state index in [1.165, 1.54) is 11.1 Å². The standard InChI is InChI=1S/C17H18O2/c1-12-4-3-5-14(10-12)7-8-15-11-13(2)6-9-16(15)17(18)19/h3-6,9-11H,7-8H2,1-2H3,(H,18,19). The Hall–Kier alpha value is -2.09. The fourth-order valence-corrected chi connectivity index (χ4v) is 2.28. The van der Waals surface area contributed by atoms with Gasteiger partial charge in [0.2, 0.25) is 0 Å². The quantitative estimate of drug-likeness (QED) is 0.901. The van der Waals surface area contributed by atoms with Crippen LogP contribution < -0.4 is 0 Å². The molecule has 19 heavy (non-hydrogen) atoms. The molecule has 2 rings (SSSR count). The van der Waals surface area contributed by atoms with Crippen molar-refractivity contribution < 1.29 is 9.90 Å². The van der Waals surface area contributed by atoms with Crippen molar-refractivity contribution >= 4 is 5.97 Å². The van der Waals surface area contributed by atoms with Gasteiger partial charge in [-0.15, -0.1) is 0 Å². The minimum absolute atomic E-state index is 0.415. The highest BCUT2D eigenvalue weighted by Crippen LogP contribution is 2.15. The number of carbonyl (C=O) groups is 1. The van der Waals surface area contributed by atoms with Crippen LogP contribution in [0.5, 0.6) is 0 Å². The maximum atomic E-state index is 11.2. The maximum Gasteiger partial charge on any atom is 0.335 e. The lowest BCUT2D eigenvalue weighted by Gasteiger charge is -2.08. The SMILES string of the molecule is Cc1cccc(CCc2cc(C)ccc2C(=O)O)c1. The smallest absolute Gasteiger partial charge is 0.335 e. The van der Waals surface area contributed by atoms with Gasteiger partial charge in [-0.3, -0.25) is 0 Å². The number of hydrogen-bond acceptors (Lipinski definition) is 1. The Labute approximate surface area is 113 Å². The van der Waals surface area contributed by atoms with Gasteiger partial charge < -0.3 is 5.11 Å². The van der Waals surface area contributed by atoms with Crippen LogP contribution in [0.15, 0.2) is 42.5 Å². The number of aromatic carboxylic acids is 1. The van der Waals surface area contributed by atoms with Crippen molar-refractivity contribution in [1.82, 2.24) is 0 Å². The van der Waals surface area contributed by atoms with E-state index in [1.54, 1.807) is 6.07 Å². The van der Waals surface area contributed by atoms with E-state index in [1.807, 2.05) is 25.1 Å². The predicted molar refractivity (Wildman–Crippen MR) is 76.7 cm³/mol. The molecule has 1 N–H and O–H groups in total. The van der Waals surface area contributed by atoms with Crippen LogP contribution in [-0.4, -0.2) is 11.1 Å². The number of hydrogen-bond donors (Lipinski definition) is 1. The largest absolute Gasteiger partial charge is 0.478 e. The van der Waals surface area contributed by atoms with E-state index >= 15 is 0 Å². The molecule has 2 nitrogen and oxygen atoms in total. The summed E-state index contributed by atoms with van der Waals surface area (Å²) in [5.74, 6) is -0.848. The fraction of sp³-hybridized carbons (Fsp3) is 0.235. The topological polar surface area (TPSA) is 37.3 Å². The Balaban J connectivity index is 2.19. The zero-order chi connectivity index (χ0) is 13.8. The average Bonchev–Trinajstić information content (AvgIpc) is 2.36. The van der Waals surface area contributed by atoms with Crippen molar-refractivity contribution in [2.45, 2.75) is 26.7 Å². The van der Waals surface area contributed by atoms with Gasteiger partial charge in [0, 0.05) is 0 Å². The van der Waals surface area contributed by atoms with Crippen molar-refractivity contribution in [1.29, 1.82) is 0 Å². The first-order chi connectivity index (χ1) is 9.06. The normalized spacial score (nSPS) is 10.4. The van der Waals surface area contributed by atoms with Gasteiger partial charge in [0.15, 0.2) is 0 Å². The summed E-state index contributed by atoms with van der Waals surface area (Å²) in [6, 6.07) is 13.9. The van der Waals surface area contributed by atoms with Gasteiger partial charge in [-0.2, -0.15) is 0 Å². The third-order valence-corrected chi connectivity index (χ3v) is 3.26. The molecule has 0 aliphatic carbocycles. The summed E-state index contributed by atoms with van der Waals surface area (Å²) < 4.78 is 0. The van der Waals surface area contributed by atoms with Gasteiger partial charge in [-0.05, 0) is 43.9 Å². The number of benzene rings is 2. The van der Waals surface area contributed by atoms with Crippen molar-refractivity contribution in [2.75, 3.05) is 0 Å². The van der Waals surface area contributed by atoms with Crippen LogP contribution in [0.4, 0.5) is 0 Å². The molecule has 0 amide bonds. The van der Waals surface area contributed by atoms with Crippen LogP contribution in [0.25, 0.3) is 0 Å². The molecule has 0 aliphatic rings. The second kappa shape index (κ2) is 5.70. The Morgan fingerprint density at radius 2 is 1.74 bits per heavy atom. The minimum atomic E-state index is -0.848. The lowest BCUT2D eigenvalue weighted by Crippen LogP contribution is -2.04. The molecule has 0 aliphatic heterocycles. The fourth-order valence-electron chi connectivity index (χ4n) is 2.28. The average molecular weight is 254 g/mol. The van der Waals surface area contributed by atoms with E-state index in [2.05, 4.69) is 25.1 Å². The van der Waals surface area contributed by atoms with Crippen LogP contribution in [0, 0.1) is 13.8 Å². The summed E-state index contributed by atoms with van der Waals surface area (Å²) in [4.78, 5) is 11.2. The summed E-state index contributed by atoms with van der Waals surface area (Å²) in [5, 5.41) is 9.20. The lowest BCUT2D eigenvalue weighted by atomic mass is 9.97. The molecule has 2 aromatic rings. The molecule has 0 unspecified atom stereocenters. The molecule has 0 fully saturated rings. The van der Waals surface area contributed by atoms with E-state index in [0.717, 1.165) is 24.0 Å². The number of aryl methyl sites for hydroxylation is 4. The first-order valence-corrected chi connectivity index (χ1v) is 6.44. The van der Waals surface area contributed by atoms with Crippen LogP contribution >= 0.6 is 0 Å². The molecule has 0 atom stereocenters. The zero-order valence-corrected chi connectivity index (χ0v) is 11.3. The third-order valence-electron chi connectivity index (χ3n) is 3.26. The molecule has 0 heterocycles. The zero-order valence-electron chi connectivity index (χ0n) is 11.3. The highest BCUT2D eigenvalue weighted by atomic mass is 16.4. The molecule has 0 aromatic heterocycles. The van der Waals surface area contributed by atoms with Crippen molar-refractivity contribution in [3.8, 4) is 0 Å². The predicted octanol–water partition coefficient (Wildman–Crippen LogP) is 3.79. The molecule has 2 aromatic carbocycles. The van der Waals surface area contributed by atoms with Gasteiger partial charge in [-0.25, -0.2) is 4.79 Å². The first kappa shape index (κ1) is 13.3. The third kappa shape index (κ3) is 3.44. The highest BCUT2D eigenvalue weighted by molar-refractivity contribution is 5.89. The second-order valence-electron chi connectivity index (χ2n) is 4.95. The van der Waals surface area contributed by atoms with Crippen LogP contribution in [-0.2, 0) is 12.8 Å². The number of rotatable bonds is 4. The summed E-state index contributed by atoms with van der Waals surface area (Å²) in [5.41, 5.74) is 4.91. The highest BCUT2D eigenvalue weighted by Gasteiger charge is 2.09. The van der Waals surface area contributed by atoms with Gasteiger partial charge >= 0.3 is 5.97 Å². The second-order valence-corrected chi connectivity index (χ2v) is 4.95. The maximum absolute atomic E-state index is 11.2. The van der Waals surface area contributed by atoms with Crippen molar-refractivity contribution in [2.24, 2.45) is 0 Å². The molecule has 2 heteroatoms. The first-order valence-electron chi connectivity index (χ1n) is 6.44. The molecule has 98 valence electrons. The summed E-state index contributed by atoms with van der Waals surface area (Å²) >= 11 is 0. The summed E-state index contributed by atoms with van der Waals surface area (Å²) in [7, 11) is 0. The Morgan fingerprint density at radius 3 is 2.42 bits per heavy atom. The lowest BCUT2D eigenvalue weighted by molar-refractivity contribution is 0.0695. The molecule has 0 radical (unpaired) electrons. The Kier molecular flexibility index (Phi) is 4.00. The number of carboxylic acids is 1. The molecular weight excluding hydrogens is 236 g/mol. The van der Waals surface area contributed by atoms with Crippen LogP contribution in [0.3, 0.4) is 0 Å². The molecular formula is C17H18O2. The monoisotopic (exact) mass is 254 g/mol. The summed E-state index contributed by atoms with van der Waals surface area (Å²) in [6.07, 6.45) is 1.62. The van der Waals surface area contributed by atoms with E-state index in [4.69, 9.17) is 0 Å². The Morgan fingerprint density at radius 1 is 1.00 bits per heavy atom. The van der Waals surface area contributed by atoms with Gasteiger partial charge in [0.1, 0.15) is 0 Å². The van der Waals surface area contributed by atoms with E-state index in [-0.39, 0.29) is 0 Å². The molecule has 0 bridgehead atoms. The molecule has 0 saturated heterocycles. The van der Waals surface area contributed by atoms with Crippen molar-refractivity contribution in [3.05, 3.63) is 70.3 Å². The van der Waals surface area contributed by atoms with Crippen LogP contribution in [0.2, 0.25) is 0 Å². The van der Waals surface area contributed by atoms with Gasteiger partial charge in [-0.1, -0.05) is 47.5 Å². The van der Waals surface area contributed by atoms with E-state index in [9.17, 15) is 9.90 Å². The van der Waals surface area contributed by atoms with Crippen LogP contribution in [0.1, 0.15) is 32.6 Å². The molecule has 0 spiro atoms. The van der Waals surface area contributed by atoms with E-state index in [0.29, 0.717) is 5.56 Å². The number of carboxylic acid groups (broad SMARTS) is 1.